The number of hydrogen-bond donors (Lipinski definition) is 1. The van der Waals surface area contributed by atoms with Crippen LogP contribution in [-0.4, -0.2) is 18.9 Å². The Hall–Kier alpha value is -3.93. The molecule has 0 fully saturated rings. The zero-order valence-electron chi connectivity index (χ0n) is 17.4. The first-order valence-corrected chi connectivity index (χ1v) is 9.77. The third kappa shape index (κ3) is 3.57. The summed E-state index contributed by atoms with van der Waals surface area (Å²) in [4.78, 5) is 27.9. The summed E-state index contributed by atoms with van der Waals surface area (Å²) in [5.74, 6) is -1.18. The third-order valence-electron chi connectivity index (χ3n) is 5.39. The van der Waals surface area contributed by atoms with Crippen LogP contribution in [0.4, 0.5) is 15.8 Å². The predicted molar refractivity (Wildman–Crippen MR) is 118 cm³/mol. The van der Waals surface area contributed by atoms with E-state index in [-0.39, 0.29) is 17.0 Å². The summed E-state index contributed by atoms with van der Waals surface area (Å²) >= 11 is 0. The average molecular weight is 416 g/mol. The van der Waals surface area contributed by atoms with Crippen molar-refractivity contribution in [1.82, 2.24) is 0 Å². The highest BCUT2D eigenvalue weighted by Crippen LogP contribution is 2.37. The van der Waals surface area contributed by atoms with E-state index in [1.165, 1.54) is 25.3 Å². The third-order valence-corrected chi connectivity index (χ3v) is 5.39. The van der Waals surface area contributed by atoms with Crippen LogP contribution in [0.5, 0.6) is 5.75 Å². The number of nitrogens with one attached hydrogen (secondary N) is 1. The lowest BCUT2D eigenvalue weighted by Gasteiger charge is -2.16. The minimum atomic E-state index is -0.558. The molecule has 0 aliphatic carbocycles. The first-order valence-electron chi connectivity index (χ1n) is 9.77. The maximum absolute atomic E-state index is 13.9. The van der Waals surface area contributed by atoms with Crippen LogP contribution in [0.25, 0.3) is 5.57 Å². The monoisotopic (exact) mass is 416 g/mol. The Morgan fingerprint density at radius 2 is 1.65 bits per heavy atom. The van der Waals surface area contributed by atoms with Gasteiger partial charge in [0.15, 0.2) is 0 Å². The number of imide groups is 1. The van der Waals surface area contributed by atoms with Crippen molar-refractivity contribution in [3.05, 3.63) is 94.9 Å². The Bertz CT molecular complexity index is 1230. The Labute approximate surface area is 179 Å². The van der Waals surface area contributed by atoms with Gasteiger partial charge in [-0.3, -0.25) is 9.59 Å². The summed E-state index contributed by atoms with van der Waals surface area (Å²) in [6.45, 7) is 3.91. The zero-order chi connectivity index (χ0) is 22.1. The molecule has 31 heavy (non-hydrogen) atoms. The number of nitrogens with zero attached hydrogens (tertiary/aromatic N) is 1. The average Bonchev–Trinajstić information content (AvgIpc) is 3.00. The summed E-state index contributed by atoms with van der Waals surface area (Å²) < 4.78 is 19.3. The number of rotatable bonds is 5. The molecule has 1 aliphatic heterocycles. The molecule has 1 aliphatic rings. The maximum atomic E-state index is 13.9. The number of hydrogen-bond acceptors (Lipinski definition) is 4. The van der Waals surface area contributed by atoms with Crippen LogP contribution in [0.3, 0.4) is 0 Å². The molecule has 2 amide bonds. The van der Waals surface area contributed by atoms with Crippen LogP contribution in [0, 0.1) is 19.7 Å². The molecule has 6 heteroatoms. The summed E-state index contributed by atoms with van der Waals surface area (Å²) in [5, 5.41) is 3.16. The predicted octanol–water partition coefficient (Wildman–Crippen LogP) is 4.85. The van der Waals surface area contributed by atoms with Gasteiger partial charge < -0.3 is 10.1 Å². The van der Waals surface area contributed by atoms with Crippen LogP contribution < -0.4 is 15.0 Å². The van der Waals surface area contributed by atoms with E-state index in [0.717, 1.165) is 22.1 Å². The van der Waals surface area contributed by atoms with Crippen molar-refractivity contribution in [2.75, 3.05) is 17.3 Å². The number of carbonyl (C=O) groups is 2. The van der Waals surface area contributed by atoms with E-state index in [4.69, 9.17) is 4.74 Å². The summed E-state index contributed by atoms with van der Waals surface area (Å²) in [7, 11) is 1.50. The van der Waals surface area contributed by atoms with E-state index < -0.39 is 17.6 Å². The molecular weight excluding hydrogens is 395 g/mol. The number of anilines is 2. The van der Waals surface area contributed by atoms with E-state index in [2.05, 4.69) is 5.32 Å². The van der Waals surface area contributed by atoms with Crippen LogP contribution in [0.15, 0.2) is 72.4 Å². The van der Waals surface area contributed by atoms with Crippen molar-refractivity contribution in [2.24, 2.45) is 0 Å². The maximum Gasteiger partial charge on any atom is 0.282 e. The van der Waals surface area contributed by atoms with Crippen molar-refractivity contribution in [1.29, 1.82) is 0 Å². The number of aryl methyl sites for hydroxylation is 1. The van der Waals surface area contributed by atoms with Crippen molar-refractivity contribution < 1.29 is 18.7 Å². The first-order chi connectivity index (χ1) is 14.9. The lowest BCUT2D eigenvalue weighted by molar-refractivity contribution is -0.120. The first kappa shape index (κ1) is 20.3. The van der Waals surface area contributed by atoms with E-state index in [1.54, 1.807) is 24.3 Å². The Balaban J connectivity index is 1.90. The molecule has 0 atom stereocenters. The van der Waals surface area contributed by atoms with E-state index in [1.807, 2.05) is 32.0 Å². The smallest absolute Gasteiger partial charge is 0.282 e. The fourth-order valence-electron chi connectivity index (χ4n) is 3.62. The van der Waals surface area contributed by atoms with Crippen LogP contribution in [0.1, 0.15) is 16.7 Å². The molecule has 0 spiro atoms. The van der Waals surface area contributed by atoms with Gasteiger partial charge in [-0.2, -0.15) is 0 Å². The summed E-state index contributed by atoms with van der Waals surface area (Å²) in [6, 6.07) is 18.1. The van der Waals surface area contributed by atoms with Gasteiger partial charge >= 0.3 is 0 Å². The lowest BCUT2D eigenvalue weighted by atomic mass is 10.0. The molecule has 0 saturated carbocycles. The van der Waals surface area contributed by atoms with Crippen molar-refractivity contribution in [2.45, 2.75) is 13.8 Å². The van der Waals surface area contributed by atoms with E-state index in [9.17, 15) is 14.0 Å². The van der Waals surface area contributed by atoms with E-state index >= 15 is 0 Å². The molecule has 0 bridgehead atoms. The molecule has 156 valence electrons. The molecule has 0 unspecified atom stereocenters. The fraction of sp³-hybridized carbons (Fsp3) is 0.120. The molecule has 3 aromatic carbocycles. The second-order valence-electron chi connectivity index (χ2n) is 7.25. The summed E-state index contributed by atoms with van der Waals surface area (Å²) in [5.41, 5.74) is 3.65. The molecule has 0 aromatic heterocycles. The quantitative estimate of drug-likeness (QED) is 0.604. The minimum absolute atomic E-state index is 0.118. The molecule has 4 rings (SSSR count). The molecule has 3 aromatic rings. The highest BCUT2D eigenvalue weighted by atomic mass is 19.1. The number of benzene rings is 3. The van der Waals surface area contributed by atoms with E-state index in [0.29, 0.717) is 17.0 Å². The second-order valence-corrected chi connectivity index (χ2v) is 7.25. The Morgan fingerprint density at radius 3 is 2.39 bits per heavy atom. The lowest BCUT2D eigenvalue weighted by Crippen LogP contribution is -2.32. The Kier molecular flexibility index (Phi) is 5.29. The van der Waals surface area contributed by atoms with Crippen molar-refractivity contribution in [3.8, 4) is 5.75 Å². The molecular formula is C25H21FN2O3. The normalized spacial score (nSPS) is 13.7. The number of carbonyl (C=O) groups excluding carboxylic acids is 2. The van der Waals surface area contributed by atoms with Gasteiger partial charge in [0, 0.05) is 11.3 Å². The van der Waals surface area contributed by atoms with Gasteiger partial charge in [0.25, 0.3) is 11.8 Å². The van der Waals surface area contributed by atoms with Crippen LogP contribution in [0.2, 0.25) is 0 Å². The van der Waals surface area contributed by atoms with Gasteiger partial charge in [0.1, 0.15) is 17.3 Å². The van der Waals surface area contributed by atoms with Gasteiger partial charge in [-0.25, -0.2) is 9.29 Å². The molecule has 1 heterocycles. The number of para-hydroxylation sites is 1. The van der Waals surface area contributed by atoms with Gasteiger partial charge in [-0.05, 0) is 55.3 Å². The van der Waals surface area contributed by atoms with Crippen LogP contribution >= 0.6 is 0 Å². The van der Waals surface area contributed by atoms with Gasteiger partial charge in [-0.15, -0.1) is 0 Å². The zero-order valence-corrected chi connectivity index (χ0v) is 17.4. The van der Waals surface area contributed by atoms with Crippen molar-refractivity contribution >= 4 is 28.8 Å². The number of methoxy groups -OCH3 is 1. The van der Waals surface area contributed by atoms with Gasteiger partial charge in [0.2, 0.25) is 0 Å². The highest BCUT2D eigenvalue weighted by Gasteiger charge is 2.41. The van der Waals surface area contributed by atoms with Crippen molar-refractivity contribution in [3.63, 3.8) is 0 Å². The number of amides is 2. The topological polar surface area (TPSA) is 58.6 Å². The Morgan fingerprint density at radius 1 is 0.903 bits per heavy atom. The summed E-state index contributed by atoms with van der Waals surface area (Å²) in [6.07, 6.45) is 0. The number of ether oxygens (including phenoxy) is 1. The molecule has 0 radical (unpaired) electrons. The largest absolute Gasteiger partial charge is 0.496 e. The molecule has 5 nitrogen and oxygen atoms in total. The second kappa shape index (κ2) is 8.07. The fourth-order valence-corrected chi connectivity index (χ4v) is 3.62. The SMILES string of the molecule is COc1ccccc1C1=C(Nc2cccc(C)c2C)C(=O)N(c2cccc(F)c2)C1=O. The highest BCUT2D eigenvalue weighted by molar-refractivity contribution is 6.46. The minimum Gasteiger partial charge on any atom is -0.496 e. The standard InChI is InChI=1S/C25H21FN2O3/c1-15-8-6-12-20(16(15)2)27-23-22(19-11-4-5-13-21(19)31-3)24(29)28(25(23)30)18-10-7-9-17(26)14-18/h4-14,27H,1-3H3. The van der Waals surface area contributed by atoms with Gasteiger partial charge in [0.05, 0.1) is 18.4 Å². The van der Waals surface area contributed by atoms with Crippen LogP contribution in [-0.2, 0) is 9.59 Å². The van der Waals surface area contributed by atoms with Gasteiger partial charge in [-0.1, -0.05) is 36.4 Å². The molecule has 0 saturated heterocycles. The number of halogens is 1. The molecule has 1 N–H and O–H groups in total.